The second kappa shape index (κ2) is 7.87. The van der Waals surface area contributed by atoms with Gasteiger partial charge in [0, 0.05) is 7.05 Å². The largest absolute Gasteiger partial charge is 0.371 e. The Balaban J connectivity index is 2.68. The van der Waals surface area contributed by atoms with Crippen LogP contribution in [0.4, 0.5) is 4.79 Å². The number of likely N-dealkylation sites (N-methyl/N-ethyl adjacent to an activating group) is 1. The van der Waals surface area contributed by atoms with Crippen LogP contribution in [-0.2, 0) is 16.1 Å². The number of hydrogen-bond donors (Lipinski definition) is 3. The number of carbonyl (C=O) groups is 2. The van der Waals surface area contributed by atoms with Gasteiger partial charge in [0.25, 0.3) is 0 Å². The van der Waals surface area contributed by atoms with Crippen molar-refractivity contribution >= 4 is 11.9 Å². The van der Waals surface area contributed by atoms with Gasteiger partial charge in [0.05, 0.1) is 24.3 Å². The van der Waals surface area contributed by atoms with Crippen molar-refractivity contribution in [3.05, 3.63) is 35.4 Å². The Kier molecular flexibility index (Phi) is 6.17. The molecule has 2 unspecified atom stereocenters. The number of benzene rings is 1. The summed E-state index contributed by atoms with van der Waals surface area (Å²) in [7, 11) is 1.46. The first-order valence-electron chi connectivity index (χ1n) is 6.36. The third-order valence-electron chi connectivity index (χ3n) is 2.87. The highest BCUT2D eigenvalue weighted by Gasteiger charge is 2.26. The van der Waals surface area contributed by atoms with Crippen LogP contribution in [0, 0.1) is 11.3 Å². The number of primary amides is 1. The molecule has 4 N–H and O–H groups in total. The zero-order chi connectivity index (χ0) is 15.8. The van der Waals surface area contributed by atoms with Crippen molar-refractivity contribution in [2.75, 3.05) is 7.05 Å². The molecule has 0 saturated carbocycles. The van der Waals surface area contributed by atoms with E-state index in [1.54, 1.807) is 25.1 Å². The van der Waals surface area contributed by atoms with E-state index in [1.807, 2.05) is 12.1 Å². The van der Waals surface area contributed by atoms with E-state index >= 15 is 0 Å². The maximum Gasteiger partial charge on any atom is 0.312 e. The van der Waals surface area contributed by atoms with E-state index < -0.39 is 24.1 Å². The second-order valence-electron chi connectivity index (χ2n) is 4.43. The van der Waals surface area contributed by atoms with Crippen LogP contribution in [0.3, 0.4) is 0 Å². The zero-order valence-corrected chi connectivity index (χ0v) is 11.9. The zero-order valence-electron chi connectivity index (χ0n) is 11.9. The molecule has 112 valence electrons. The number of carbonyl (C=O) groups excluding carboxylic acids is 2. The fraction of sp³-hybridized carbons (Fsp3) is 0.357. The Hall–Kier alpha value is -2.59. The van der Waals surface area contributed by atoms with Crippen LogP contribution >= 0.6 is 0 Å². The Labute approximate surface area is 123 Å². The predicted molar refractivity (Wildman–Crippen MR) is 76.0 cm³/mol. The molecular formula is C14H18N4O3. The Bertz CT molecular complexity index is 553. The first kappa shape index (κ1) is 16.5. The third kappa shape index (κ3) is 5.12. The molecule has 1 aromatic rings. The highest BCUT2D eigenvalue weighted by Crippen LogP contribution is 2.09. The summed E-state index contributed by atoms with van der Waals surface area (Å²) in [5, 5.41) is 13.6. The van der Waals surface area contributed by atoms with E-state index in [0.29, 0.717) is 5.56 Å². The molecule has 0 fully saturated rings. The molecule has 0 aliphatic heterocycles. The molecule has 1 aromatic carbocycles. The molecule has 0 aliphatic carbocycles. The SMILES string of the molecule is CNC(=O)C(NC(N)=O)C(C)OCc1cccc(C#N)c1. The van der Waals surface area contributed by atoms with Crippen LogP contribution in [0.5, 0.6) is 0 Å². The molecule has 0 bridgehead atoms. The summed E-state index contributed by atoms with van der Waals surface area (Å²) < 4.78 is 5.57. The third-order valence-corrected chi connectivity index (χ3v) is 2.87. The van der Waals surface area contributed by atoms with E-state index in [-0.39, 0.29) is 6.61 Å². The molecule has 1 rings (SSSR count). The summed E-state index contributed by atoms with van der Waals surface area (Å²) in [6.45, 7) is 1.87. The quantitative estimate of drug-likeness (QED) is 0.695. The van der Waals surface area contributed by atoms with Gasteiger partial charge in [-0.05, 0) is 24.6 Å². The lowest BCUT2D eigenvalue weighted by Gasteiger charge is -2.23. The summed E-state index contributed by atoms with van der Waals surface area (Å²) >= 11 is 0. The molecule has 3 amide bonds. The molecule has 0 saturated heterocycles. The van der Waals surface area contributed by atoms with Crippen molar-refractivity contribution in [3.8, 4) is 6.07 Å². The maximum absolute atomic E-state index is 11.7. The van der Waals surface area contributed by atoms with E-state index in [1.165, 1.54) is 7.05 Å². The van der Waals surface area contributed by atoms with Gasteiger partial charge in [-0.1, -0.05) is 12.1 Å². The van der Waals surface area contributed by atoms with Crippen molar-refractivity contribution < 1.29 is 14.3 Å². The monoisotopic (exact) mass is 290 g/mol. The van der Waals surface area contributed by atoms with Crippen LogP contribution in [0.15, 0.2) is 24.3 Å². The van der Waals surface area contributed by atoms with Gasteiger partial charge in [0.2, 0.25) is 5.91 Å². The van der Waals surface area contributed by atoms with Crippen molar-refractivity contribution in [2.24, 2.45) is 5.73 Å². The molecule has 0 aliphatic rings. The number of hydrogen-bond acceptors (Lipinski definition) is 4. The highest BCUT2D eigenvalue weighted by molar-refractivity contribution is 5.86. The van der Waals surface area contributed by atoms with Gasteiger partial charge < -0.3 is 21.1 Å². The second-order valence-corrected chi connectivity index (χ2v) is 4.43. The lowest BCUT2D eigenvalue weighted by atomic mass is 10.1. The van der Waals surface area contributed by atoms with Crippen LogP contribution in [0.1, 0.15) is 18.1 Å². The van der Waals surface area contributed by atoms with Crippen LogP contribution in [0.25, 0.3) is 0 Å². The van der Waals surface area contributed by atoms with Crippen molar-refractivity contribution in [2.45, 2.75) is 25.7 Å². The number of nitriles is 1. The minimum atomic E-state index is -0.883. The molecule has 0 aromatic heterocycles. The van der Waals surface area contributed by atoms with Gasteiger partial charge in [0.15, 0.2) is 0 Å². The molecule has 0 radical (unpaired) electrons. The number of urea groups is 1. The molecule has 7 nitrogen and oxygen atoms in total. The number of nitrogens with two attached hydrogens (primary N) is 1. The summed E-state index contributed by atoms with van der Waals surface area (Å²) in [4.78, 5) is 22.6. The lowest BCUT2D eigenvalue weighted by Crippen LogP contribution is -2.53. The van der Waals surface area contributed by atoms with Crippen LogP contribution in [-0.4, -0.2) is 31.1 Å². The number of nitrogens with one attached hydrogen (secondary N) is 2. The van der Waals surface area contributed by atoms with Gasteiger partial charge in [0.1, 0.15) is 6.04 Å². The smallest absolute Gasteiger partial charge is 0.312 e. The van der Waals surface area contributed by atoms with E-state index in [2.05, 4.69) is 10.6 Å². The molecular weight excluding hydrogens is 272 g/mol. The summed E-state index contributed by atoms with van der Waals surface area (Å²) in [6.07, 6.45) is -0.580. The Morgan fingerprint density at radius 1 is 1.48 bits per heavy atom. The topological polar surface area (TPSA) is 117 Å². The van der Waals surface area contributed by atoms with E-state index in [4.69, 9.17) is 15.7 Å². The van der Waals surface area contributed by atoms with Crippen LogP contribution < -0.4 is 16.4 Å². The van der Waals surface area contributed by atoms with Crippen molar-refractivity contribution in [1.82, 2.24) is 10.6 Å². The maximum atomic E-state index is 11.7. The first-order valence-corrected chi connectivity index (χ1v) is 6.36. The average Bonchev–Trinajstić information content (AvgIpc) is 2.49. The number of rotatable bonds is 6. The predicted octanol–water partition coefficient (Wildman–Crippen LogP) is 0.246. The number of ether oxygens (including phenoxy) is 1. The minimum absolute atomic E-state index is 0.213. The lowest BCUT2D eigenvalue weighted by molar-refractivity contribution is -0.126. The molecule has 0 heterocycles. The fourth-order valence-corrected chi connectivity index (χ4v) is 1.76. The average molecular weight is 290 g/mol. The molecule has 21 heavy (non-hydrogen) atoms. The summed E-state index contributed by atoms with van der Waals surface area (Å²) in [5.41, 5.74) is 6.38. The van der Waals surface area contributed by atoms with Crippen molar-refractivity contribution in [1.29, 1.82) is 5.26 Å². The van der Waals surface area contributed by atoms with Gasteiger partial charge >= 0.3 is 6.03 Å². The van der Waals surface area contributed by atoms with E-state index in [9.17, 15) is 9.59 Å². The normalized spacial score (nSPS) is 12.8. The van der Waals surface area contributed by atoms with Crippen LogP contribution in [0.2, 0.25) is 0 Å². The van der Waals surface area contributed by atoms with Crippen molar-refractivity contribution in [3.63, 3.8) is 0 Å². The minimum Gasteiger partial charge on any atom is -0.371 e. The Morgan fingerprint density at radius 2 is 2.19 bits per heavy atom. The van der Waals surface area contributed by atoms with Gasteiger partial charge in [-0.3, -0.25) is 4.79 Å². The number of nitrogens with zero attached hydrogens (tertiary/aromatic N) is 1. The van der Waals surface area contributed by atoms with Gasteiger partial charge in [-0.15, -0.1) is 0 Å². The van der Waals surface area contributed by atoms with Gasteiger partial charge in [-0.25, -0.2) is 4.79 Å². The van der Waals surface area contributed by atoms with Gasteiger partial charge in [-0.2, -0.15) is 5.26 Å². The first-order chi connectivity index (χ1) is 9.97. The standard InChI is InChI=1S/C14H18N4O3/c1-9(12(13(19)17-2)18-14(16)20)21-8-11-5-3-4-10(6-11)7-15/h3-6,9,12H,8H2,1-2H3,(H,17,19)(H3,16,18,20). The molecule has 2 atom stereocenters. The summed E-state index contributed by atoms with van der Waals surface area (Å²) in [5.74, 6) is -0.396. The fourth-order valence-electron chi connectivity index (χ4n) is 1.76. The Morgan fingerprint density at radius 3 is 2.76 bits per heavy atom. The highest BCUT2D eigenvalue weighted by atomic mass is 16.5. The molecule has 0 spiro atoms. The molecule has 7 heteroatoms. The number of amides is 3. The summed E-state index contributed by atoms with van der Waals surface area (Å²) in [6, 6.07) is 7.30. The van der Waals surface area contributed by atoms with E-state index in [0.717, 1.165) is 5.56 Å².